The normalized spacial score (nSPS) is 54.3. The average Bonchev–Trinajstić information content (AvgIpc) is 3.26. The van der Waals surface area contributed by atoms with Crippen LogP contribution in [0.25, 0.3) is 0 Å². The first-order valence-corrected chi connectivity index (χ1v) is 23.9. The van der Waals surface area contributed by atoms with Gasteiger partial charge in [-0.15, -0.1) is 0 Å². The van der Waals surface area contributed by atoms with Crippen LogP contribution in [0, 0.1) is 56.7 Å². The number of carbonyl (C=O) groups excluding carboxylic acids is 1. The summed E-state index contributed by atoms with van der Waals surface area (Å²) in [6.45, 7) is 12.1. The molecule has 0 aromatic rings. The van der Waals surface area contributed by atoms with E-state index in [2.05, 4.69) is 47.6 Å². The number of hydrogen-bond acceptors (Lipinski definition) is 18. The molecule has 4 saturated carbocycles. The zero-order valence-electron chi connectivity index (χ0n) is 38.6. The number of aliphatic hydroxyl groups excluding tert-OH is 11. The van der Waals surface area contributed by atoms with Gasteiger partial charge in [0.25, 0.3) is 0 Å². The molecule has 7 fully saturated rings. The minimum Gasteiger partial charge on any atom is -0.432 e. The Morgan fingerprint density at radius 3 is 2.03 bits per heavy atom. The Kier molecular flexibility index (Phi) is 13.9. The van der Waals surface area contributed by atoms with Gasteiger partial charge in [-0.1, -0.05) is 53.2 Å². The highest BCUT2D eigenvalue weighted by molar-refractivity contribution is 5.73. The maximum absolute atomic E-state index is 14.4. The smallest absolute Gasteiger partial charge is 0.311 e. The van der Waals surface area contributed by atoms with Crippen LogP contribution in [0.2, 0.25) is 0 Å². The van der Waals surface area contributed by atoms with Gasteiger partial charge in [0.05, 0.1) is 38.4 Å². The number of allylic oxidation sites excluding steroid dienone is 2. The monoisotopic (exact) mass is 929 g/mol. The Morgan fingerprint density at radius 2 is 1.35 bits per heavy atom. The second-order valence-corrected chi connectivity index (χ2v) is 22.8. The van der Waals surface area contributed by atoms with Crippen molar-refractivity contribution in [3.8, 4) is 0 Å². The van der Waals surface area contributed by atoms with Crippen LogP contribution in [0.15, 0.2) is 11.6 Å². The van der Waals surface area contributed by atoms with Crippen LogP contribution >= 0.6 is 0 Å². The van der Waals surface area contributed by atoms with Crippen LogP contribution in [0.4, 0.5) is 0 Å². The van der Waals surface area contributed by atoms with Crippen molar-refractivity contribution in [1.82, 2.24) is 0 Å². The van der Waals surface area contributed by atoms with Crippen molar-refractivity contribution >= 4 is 5.97 Å². The van der Waals surface area contributed by atoms with E-state index in [-0.39, 0.29) is 58.5 Å². The Hall–Kier alpha value is -1.43. The minimum absolute atomic E-state index is 0.0641. The second-order valence-electron chi connectivity index (χ2n) is 22.8. The van der Waals surface area contributed by atoms with Crippen molar-refractivity contribution < 1.29 is 89.4 Å². The highest BCUT2D eigenvalue weighted by atomic mass is 16.7. The summed E-state index contributed by atoms with van der Waals surface area (Å²) in [5.41, 5.74) is -0.0126. The lowest BCUT2D eigenvalue weighted by Crippen LogP contribution is -2.66. The maximum atomic E-state index is 14.4. The molecule has 0 aromatic carbocycles. The third kappa shape index (κ3) is 8.18. The first kappa shape index (κ1) is 50.0. The summed E-state index contributed by atoms with van der Waals surface area (Å²) < 4.78 is 34.9. The summed E-state index contributed by atoms with van der Waals surface area (Å²) in [4.78, 5) is 14.4. The predicted molar refractivity (Wildman–Crippen MR) is 226 cm³/mol. The lowest BCUT2D eigenvalue weighted by molar-refractivity contribution is -0.327. The van der Waals surface area contributed by atoms with Gasteiger partial charge in [0.2, 0.25) is 6.29 Å². The van der Waals surface area contributed by atoms with E-state index in [1.807, 2.05) is 0 Å². The number of carbonyl (C=O) groups is 1. The Balaban J connectivity index is 0.980. The van der Waals surface area contributed by atoms with E-state index < -0.39 is 123 Å². The molecular formula is C47H76O18. The molecule has 0 spiro atoms. The molecular weight excluding hydrogens is 852 g/mol. The van der Waals surface area contributed by atoms with Gasteiger partial charge in [0.15, 0.2) is 12.6 Å². The average molecular weight is 929 g/mol. The second kappa shape index (κ2) is 18.1. The number of aliphatic hydroxyl groups is 11. The molecule has 65 heavy (non-hydrogen) atoms. The van der Waals surface area contributed by atoms with Gasteiger partial charge < -0.3 is 84.6 Å². The Morgan fingerprint density at radius 1 is 0.708 bits per heavy atom. The SMILES string of the molecule is CC1(C)C[C@@H](C(=O)O[C@H]2O[C@@H](CO[C@@H]3O[C@H](CO)[C@H](O)[C@H](O)[C@@H]3O)[C@H](O)[C@@H](O)[C@@H]2O)[C@@H]2CC[C@@]3(C)C(=CC[C@@H]4[C@]5(C)CC[C@H](O[C@@H]6OC[C@@H](O)[C@H](O)[C@@H]6O)[C@@](C)(CO)[C@@H]5CC[C@@]43C)[C@@H]2C1. The summed E-state index contributed by atoms with van der Waals surface area (Å²) >= 11 is 0. The molecule has 5 aliphatic carbocycles. The number of rotatable bonds is 9. The molecule has 3 aliphatic heterocycles. The molecule has 24 atom stereocenters. The highest BCUT2D eigenvalue weighted by Crippen LogP contribution is 2.75. The lowest BCUT2D eigenvalue weighted by atomic mass is 9.34. The summed E-state index contributed by atoms with van der Waals surface area (Å²) in [6.07, 6.45) is -12.2. The van der Waals surface area contributed by atoms with Crippen LogP contribution in [0.1, 0.15) is 99.3 Å². The summed E-state index contributed by atoms with van der Waals surface area (Å²) in [6, 6.07) is 0. The van der Waals surface area contributed by atoms with Gasteiger partial charge in [0.1, 0.15) is 67.1 Å². The molecule has 0 amide bonds. The molecule has 11 N–H and O–H groups in total. The fourth-order valence-electron chi connectivity index (χ4n) is 14.9. The van der Waals surface area contributed by atoms with Crippen LogP contribution < -0.4 is 0 Å². The van der Waals surface area contributed by atoms with Crippen molar-refractivity contribution in [3.63, 3.8) is 0 Å². The van der Waals surface area contributed by atoms with Gasteiger partial charge in [-0.2, -0.15) is 0 Å². The molecule has 3 heterocycles. The molecule has 0 radical (unpaired) electrons. The topological polar surface area (TPSA) is 295 Å². The van der Waals surface area contributed by atoms with Gasteiger partial charge in [-0.3, -0.25) is 4.79 Å². The van der Waals surface area contributed by atoms with Crippen LogP contribution in [0.3, 0.4) is 0 Å². The van der Waals surface area contributed by atoms with Crippen LogP contribution in [0.5, 0.6) is 0 Å². The quantitative estimate of drug-likeness (QED) is 0.0797. The minimum atomic E-state index is -1.80. The molecule has 0 bridgehead atoms. The van der Waals surface area contributed by atoms with Gasteiger partial charge in [0, 0.05) is 5.41 Å². The molecule has 372 valence electrons. The fourth-order valence-corrected chi connectivity index (χ4v) is 14.9. The van der Waals surface area contributed by atoms with E-state index in [0.717, 1.165) is 44.9 Å². The van der Waals surface area contributed by atoms with E-state index in [0.29, 0.717) is 12.8 Å². The number of fused-ring (bicyclic) bond motifs is 7. The third-order valence-corrected chi connectivity index (χ3v) is 18.8. The third-order valence-electron chi connectivity index (χ3n) is 18.8. The van der Waals surface area contributed by atoms with Crippen molar-refractivity contribution in [2.75, 3.05) is 26.4 Å². The zero-order chi connectivity index (χ0) is 47.3. The van der Waals surface area contributed by atoms with Crippen molar-refractivity contribution in [3.05, 3.63) is 11.6 Å². The molecule has 0 aromatic heterocycles. The van der Waals surface area contributed by atoms with E-state index in [1.165, 1.54) is 5.57 Å². The number of esters is 1. The number of hydrogen-bond donors (Lipinski definition) is 11. The predicted octanol–water partition coefficient (Wildman–Crippen LogP) is -0.392. The Labute approximate surface area is 380 Å². The van der Waals surface area contributed by atoms with Crippen molar-refractivity contribution in [2.45, 2.75) is 191 Å². The van der Waals surface area contributed by atoms with Crippen LogP contribution in [-0.4, -0.2) is 181 Å². The number of ether oxygens (including phenoxy) is 6. The molecule has 18 heteroatoms. The zero-order valence-corrected chi connectivity index (χ0v) is 38.6. The molecule has 8 aliphatic rings. The fraction of sp³-hybridized carbons (Fsp3) is 0.936. The first-order chi connectivity index (χ1) is 30.5. The molecule has 0 unspecified atom stereocenters. The maximum Gasteiger partial charge on any atom is 0.311 e. The summed E-state index contributed by atoms with van der Waals surface area (Å²) in [5.74, 6) is -0.762. The first-order valence-electron chi connectivity index (χ1n) is 23.9. The Bertz CT molecular complexity index is 1750. The van der Waals surface area contributed by atoms with Gasteiger partial charge in [-0.25, -0.2) is 0 Å². The summed E-state index contributed by atoms with van der Waals surface area (Å²) in [7, 11) is 0. The molecule has 8 rings (SSSR count). The van der Waals surface area contributed by atoms with Crippen molar-refractivity contribution in [1.29, 1.82) is 0 Å². The molecule has 18 nitrogen and oxygen atoms in total. The largest absolute Gasteiger partial charge is 0.432 e. The van der Waals surface area contributed by atoms with E-state index in [4.69, 9.17) is 28.4 Å². The summed E-state index contributed by atoms with van der Waals surface area (Å²) in [5, 5.41) is 115. The van der Waals surface area contributed by atoms with Crippen molar-refractivity contribution in [2.24, 2.45) is 56.7 Å². The van der Waals surface area contributed by atoms with Gasteiger partial charge in [-0.05, 0) is 103 Å². The van der Waals surface area contributed by atoms with E-state index in [9.17, 15) is 61.0 Å². The van der Waals surface area contributed by atoms with E-state index >= 15 is 0 Å². The van der Waals surface area contributed by atoms with Crippen LogP contribution in [-0.2, 0) is 33.2 Å². The van der Waals surface area contributed by atoms with E-state index in [1.54, 1.807) is 0 Å². The highest BCUT2D eigenvalue weighted by Gasteiger charge is 2.69. The van der Waals surface area contributed by atoms with Gasteiger partial charge >= 0.3 is 5.97 Å². The molecule has 3 saturated heterocycles. The standard InChI is InChI=1S/C47H76O18/c1-43(2)15-22-21(23(16-43)39(59)65-42-38(58)35(55)33(53)27(63-42)19-61-40-37(57)34(54)32(52)26(17-48)62-40)9-13-46(5)24(22)7-8-29-44(3)12-11-30(64-41-36(56)31(51)25(50)18-60-41)45(4,20-49)28(44)10-14-47(29,46)6/h7,21-23,25-38,40-42,48-58H,8-20H2,1-6H3/t21-,22-,23-,25-,26-,27+,28-,29-,30+,31+,32+,33+,34+,35-,36+,37+,38+,40-,41+,42-,44-,45+,46+,47+/m1/s1. The lowest BCUT2D eigenvalue weighted by Gasteiger charge is -2.71.